The second kappa shape index (κ2) is 8.57. The number of nitrogens with one attached hydrogen (secondary N) is 1. The topological polar surface area (TPSA) is 67.9 Å². The van der Waals surface area contributed by atoms with E-state index in [2.05, 4.69) is 5.32 Å². The fraction of sp³-hybridized carbons (Fsp3) is 0.556. The number of hydrogen-bond acceptors (Lipinski definition) is 4. The molecule has 0 unspecified atom stereocenters. The Morgan fingerprint density at radius 3 is 2.50 bits per heavy atom. The van der Waals surface area contributed by atoms with Gasteiger partial charge in [0.15, 0.2) is 0 Å². The maximum Gasteiger partial charge on any atom is 0.227 e. The Labute approximate surface area is 143 Å². The van der Waals surface area contributed by atoms with Crippen molar-refractivity contribution >= 4 is 17.5 Å². The van der Waals surface area contributed by atoms with Crippen molar-refractivity contribution in [2.24, 2.45) is 5.92 Å². The summed E-state index contributed by atoms with van der Waals surface area (Å²) in [5.41, 5.74) is 0.603. The predicted molar refractivity (Wildman–Crippen MR) is 92.4 cm³/mol. The van der Waals surface area contributed by atoms with Gasteiger partial charge >= 0.3 is 0 Å². The monoisotopic (exact) mass is 334 g/mol. The van der Waals surface area contributed by atoms with E-state index in [4.69, 9.17) is 9.47 Å². The van der Waals surface area contributed by atoms with Crippen molar-refractivity contribution in [2.45, 2.75) is 32.6 Å². The van der Waals surface area contributed by atoms with Crippen molar-refractivity contribution in [3.8, 4) is 11.5 Å². The van der Waals surface area contributed by atoms with E-state index >= 15 is 0 Å². The van der Waals surface area contributed by atoms with Crippen molar-refractivity contribution < 1.29 is 19.1 Å². The van der Waals surface area contributed by atoms with E-state index in [9.17, 15) is 9.59 Å². The van der Waals surface area contributed by atoms with Crippen LogP contribution in [-0.2, 0) is 9.59 Å². The first kappa shape index (κ1) is 18.1. The maximum atomic E-state index is 12.5. The highest BCUT2D eigenvalue weighted by atomic mass is 16.5. The maximum absolute atomic E-state index is 12.5. The minimum Gasteiger partial charge on any atom is -0.497 e. The van der Waals surface area contributed by atoms with Gasteiger partial charge in [-0.25, -0.2) is 0 Å². The third-order valence-electron chi connectivity index (χ3n) is 4.35. The highest BCUT2D eigenvalue weighted by Crippen LogP contribution is 2.30. The number of anilines is 1. The number of piperidine rings is 1. The fourth-order valence-electron chi connectivity index (χ4n) is 2.91. The zero-order chi connectivity index (χ0) is 17.5. The second-order valence-electron chi connectivity index (χ2n) is 5.96. The Morgan fingerprint density at radius 2 is 1.92 bits per heavy atom. The van der Waals surface area contributed by atoms with Gasteiger partial charge in [0.2, 0.25) is 11.8 Å². The van der Waals surface area contributed by atoms with Gasteiger partial charge < -0.3 is 19.7 Å². The number of benzene rings is 1. The molecule has 1 aromatic carbocycles. The van der Waals surface area contributed by atoms with E-state index in [-0.39, 0.29) is 17.7 Å². The van der Waals surface area contributed by atoms with Crippen molar-refractivity contribution in [3.05, 3.63) is 18.2 Å². The standard InChI is InChI=1S/C18H26N2O4/c1-4-5-17(21)20-10-8-13(9-11-20)18(22)19-15-12-14(23-2)6-7-16(15)24-3/h6-7,12-13H,4-5,8-11H2,1-3H3,(H,19,22). The van der Waals surface area contributed by atoms with Gasteiger partial charge in [-0.2, -0.15) is 0 Å². The number of likely N-dealkylation sites (tertiary alicyclic amines) is 1. The van der Waals surface area contributed by atoms with Crippen LogP contribution in [0.1, 0.15) is 32.6 Å². The van der Waals surface area contributed by atoms with Gasteiger partial charge in [0.1, 0.15) is 11.5 Å². The third kappa shape index (κ3) is 4.40. The highest BCUT2D eigenvalue weighted by molar-refractivity contribution is 5.94. The van der Waals surface area contributed by atoms with Gasteiger partial charge in [-0.15, -0.1) is 0 Å². The van der Waals surface area contributed by atoms with Crippen LogP contribution in [0.2, 0.25) is 0 Å². The lowest BCUT2D eigenvalue weighted by atomic mass is 9.95. The molecule has 1 fully saturated rings. The summed E-state index contributed by atoms with van der Waals surface area (Å²) in [6.07, 6.45) is 2.81. The summed E-state index contributed by atoms with van der Waals surface area (Å²) in [5, 5.41) is 2.93. The summed E-state index contributed by atoms with van der Waals surface area (Å²) < 4.78 is 10.5. The average molecular weight is 334 g/mol. The molecule has 1 aliphatic rings. The van der Waals surface area contributed by atoms with Crippen LogP contribution in [0.3, 0.4) is 0 Å². The number of carbonyl (C=O) groups is 2. The molecule has 1 N–H and O–H groups in total. The molecular formula is C18H26N2O4. The van der Waals surface area contributed by atoms with Crippen LogP contribution in [0.4, 0.5) is 5.69 Å². The van der Waals surface area contributed by atoms with Crippen molar-refractivity contribution in [1.82, 2.24) is 4.90 Å². The van der Waals surface area contributed by atoms with E-state index in [1.54, 1.807) is 32.4 Å². The van der Waals surface area contributed by atoms with Crippen LogP contribution >= 0.6 is 0 Å². The number of nitrogens with zero attached hydrogens (tertiary/aromatic N) is 1. The number of hydrogen-bond donors (Lipinski definition) is 1. The molecule has 0 bridgehead atoms. The van der Waals surface area contributed by atoms with Crippen LogP contribution in [0.25, 0.3) is 0 Å². The quantitative estimate of drug-likeness (QED) is 0.868. The lowest BCUT2D eigenvalue weighted by molar-refractivity contribution is -0.134. The third-order valence-corrected chi connectivity index (χ3v) is 4.35. The second-order valence-corrected chi connectivity index (χ2v) is 5.96. The minimum absolute atomic E-state index is 0.0378. The minimum atomic E-state index is -0.0911. The Balaban J connectivity index is 1.95. The molecule has 0 saturated carbocycles. The molecule has 0 radical (unpaired) electrons. The number of methoxy groups -OCH3 is 2. The molecule has 0 aliphatic carbocycles. The van der Waals surface area contributed by atoms with Crippen LogP contribution in [0, 0.1) is 5.92 Å². The normalized spacial score (nSPS) is 15.0. The van der Waals surface area contributed by atoms with Crippen molar-refractivity contribution in [1.29, 1.82) is 0 Å². The molecule has 6 heteroatoms. The van der Waals surface area contributed by atoms with E-state index in [1.807, 2.05) is 11.8 Å². The molecule has 1 heterocycles. The highest BCUT2D eigenvalue weighted by Gasteiger charge is 2.27. The number of rotatable bonds is 6. The van der Waals surface area contributed by atoms with Gasteiger partial charge in [-0.1, -0.05) is 6.92 Å². The smallest absolute Gasteiger partial charge is 0.227 e. The number of carbonyl (C=O) groups excluding carboxylic acids is 2. The van der Waals surface area contributed by atoms with Crippen molar-refractivity contribution in [2.75, 3.05) is 32.6 Å². The van der Waals surface area contributed by atoms with Gasteiger partial charge in [0, 0.05) is 31.5 Å². The van der Waals surface area contributed by atoms with Crippen molar-refractivity contribution in [3.63, 3.8) is 0 Å². The molecule has 2 amide bonds. The van der Waals surface area contributed by atoms with Gasteiger partial charge in [0.25, 0.3) is 0 Å². The molecule has 2 rings (SSSR count). The van der Waals surface area contributed by atoms with Crippen LogP contribution < -0.4 is 14.8 Å². The lowest BCUT2D eigenvalue weighted by Crippen LogP contribution is -2.41. The summed E-state index contributed by atoms with van der Waals surface area (Å²) in [5.74, 6) is 1.31. The van der Waals surface area contributed by atoms with Crippen LogP contribution in [-0.4, -0.2) is 44.0 Å². The Bertz CT molecular complexity index is 580. The van der Waals surface area contributed by atoms with Crippen LogP contribution in [0.5, 0.6) is 11.5 Å². The van der Waals surface area contributed by atoms with Gasteiger partial charge in [-0.05, 0) is 31.4 Å². The lowest BCUT2D eigenvalue weighted by Gasteiger charge is -2.31. The van der Waals surface area contributed by atoms with E-state index in [0.717, 1.165) is 6.42 Å². The Kier molecular flexibility index (Phi) is 6.46. The van der Waals surface area contributed by atoms with Crippen LogP contribution in [0.15, 0.2) is 18.2 Å². The first-order valence-corrected chi connectivity index (χ1v) is 8.39. The fourth-order valence-corrected chi connectivity index (χ4v) is 2.91. The van der Waals surface area contributed by atoms with Gasteiger partial charge in [-0.3, -0.25) is 9.59 Å². The molecule has 6 nitrogen and oxygen atoms in total. The summed E-state index contributed by atoms with van der Waals surface area (Å²) in [6, 6.07) is 5.30. The van der Waals surface area contributed by atoms with E-state index in [1.165, 1.54) is 0 Å². The average Bonchev–Trinajstić information content (AvgIpc) is 2.62. The predicted octanol–water partition coefficient (Wildman–Crippen LogP) is 2.68. The zero-order valence-corrected chi connectivity index (χ0v) is 14.6. The summed E-state index contributed by atoms with van der Waals surface area (Å²) in [4.78, 5) is 26.3. The molecule has 0 atom stereocenters. The molecular weight excluding hydrogens is 308 g/mol. The Morgan fingerprint density at radius 1 is 1.21 bits per heavy atom. The first-order valence-electron chi connectivity index (χ1n) is 8.39. The van der Waals surface area contributed by atoms with E-state index in [0.29, 0.717) is 49.5 Å². The molecule has 1 aliphatic heterocycles. The SMILES string of the molecule is CCCC(=O)N1CCC(C(=O)Nc2cc(OC)ccc2OC)CC1. The Hall–Kier alpha value is -2.24. The molecule has 24 heavy (non-hydrogen) atoms. The molecule has 1 saturated heterocycles. The molecule has 1 aromatic rings. The molecule has 0 spiro atoms. The largest absolute Gasteiger partial charge is 0.497 e. The van der Waals surface area contributed by atoms with Gasteiger partial charge in [0.05, 0.1) is 19.9 Å². The van der Waals surface area contributed by atoms with E-state index < -0.39 is 0 Å². The summed E-state index contributed by atoms with van der Waals surface area (Å²) >= 11 is 0. The summed E-state index contributed by atoms with van der Waals surface area (Å²) in [7, 11) is 3.14. The number of ether oxygens (including phenoxy) is 2. The number of amides is 2. The summed E-state index contributed by atoms with van der Waals surface area (Å²) in [6.45, 7) is 3.29. The zero-order valence-electron chi connectivity index (χ0n) is 14.6. The first-order chi connectivity index (χ1) is 11.6. The molecule has 132 valence electrons. The molecule has 0 aromatic heterocycles.